The third kappa shape index (κ3) is 3.14. The van der Waals surface area contributed by atoms with Crippen molar-refractivity contribution < 1.29 is 0 Å². The summed E-state index contributed by atoms with van der Waals surface area (Å²) in [5.74, 6) is 2.44. The lowest BCUT2D eigenvalue weighted by Crippen LogP contribution is -2.35. The van der Waals surface area contributed by atoms with Gasteiger partial charge in [0, 0.05) is 33.1 Å². The van der Waals surface area contributed by atoms with E-state index in [0.717, 1.165) is 10.6 Å². The highest BCUT2D eigenvalue weighted by molar-refractivity contribution is 8.07. The molecular weight excluding hydrogens is 270 g/mol. The number of rotatable bonds is 3. The molecule has 3 atom stereocenters. The lowest BCUT2D eigenvalue weighted by Gasteiger charge is -2.34. The Morgan fingerprint density at radius 2 is 2.06 bits per heavy atom. The molecule has 0 amide bonds. The summed E-state index contributed by atoms with van der Waals surface area (Å²) in [6.07, 6.45) is 1.18. The molecule has 1 fully saturated rings. The Morgan fingerprint density at radius 3 is 2.76 bits per heavy atom. The Kier molecular flexibility index (Phi) is 5.10. The molecule has 4 heteroatoms. The molecule has 0 aliphatic carbocycles. The molecule has 0 saturated carbocycles. The van der Waals surface area contributed by atoms with Crippen LogP contribution in [0, 0.1) is 0 Å². The number of halogens is 1. The summed E-state index contributed by atoms with van der Waals surface area (Å²) in [6.45, 7) is 2.25. The monoisotopic (exact) mass is 287 g/mol. The van der Waals surface area contributed by atoms with Crippen LogP contribution in [0.2, 0.25) is 5.02 Å². The van der Waals surface area contributed by atoms with Crippen molar-refractivity contribution in [2.24, 2.45) is 5.73 Å². The maximum Gasteiger partial charge on any atom is 0.0454 e. The highest BCUT2D eigenvalue weighted by atomic mass is 35.5. The smallest absolute Gasteiger partial charge is 0.0454 e. The van der Waals surface area contributed by atoms with Crippen molar-refractivity contribution in [3.63, 3.8) is 0 Å². The van der Waals surface area contributed by atoms with Gasteiger partial charge in [0.25, 0.3) is 0 Å². The zero-order chi connectivity index (χ0) is 12.3. The van der Waals surface area contributed by atoms with Crippen LogP contribution >= 0.6 is 35.1 Å². The molecule has 94 valence electrons. The van der Waals surface area contributed by atoms with E-state index in [-0.39, 0.29) is 6.04 Å². The average Bonchev–Trinajstić information content (AvgIpc) is 2.38. The van der Waals surface area contributed by atoms with Gasteiger partial charge in [-0.25, -0.2) is 0 Å². The van der Waals surface area contributed by atoms with Crippen LogP contribution in [0.5, 0.6) is 0 Å². The average molecular weight is 288 g/mol. The molecule has 1 aromatic carbocycles. The van der Waals surface area contributed by atoms with Crippen molar-refractivity contribution >= 4 is 35.1 Å². The lowest BCUT2D eigenvalue weighted by atomic mass is 10.0. The van der Waals surface area contributed by atoms with E-state index in [0.29, 0.717) is 10.5 Å². The minimum absolute atomic E-state index is 0.0476. The quantitative estimate of drug-likeness (QED) is 0.911. The molecule has 0 spiro atoms. The maximum absolute atomic E-state index is 6.42. The van der Waals surface area contributed by atoms with Gasteiger partial charge in [-0.1, -0.05) is 36.7 Å². The molecule has 2 N–H and O–H groups in total. The molecule has 0 bridgehead atoms. The summed E-state index contributed by atoms with van der Waals surface area (Å²) in [7, 11) is 0. The van der Waals surface area contributed by atoms with E-state index in [1.807, 2.05) is 30.0 Å². The van der Waals surface area contributed by atoms with Gasteiger partial charge < -0.3 is 5.73 Å². The third-order valence-corrected chi connectivity index (χ3v) is 6.83. The van der Waals surface area contributed by atoms with Crippen LogP contribution in [0.4, 0.5) is 0 Å². The maximum atomic E-state index is 6.42. The van der Waals surface area contributed by atoms with E-state index in [1.165, 1.54) is 17.9 Å². The van der Waals surface area contributed by atoms with Gasteiger partial charge in [-0.15, -0.1) is 0 Å². The summed E-state index contributed by atoms with van der Waals surface area (Å²) >= 11 is 10.3. The van der Waals surface area contributed by atoms with Gasteiger partial charge in [0.15, 0.2) is 0 Å². The molecule has 0 radical (unpaired) electrons. The SMILES string of the molecule is CCC1SCCSC1C(N)c1ccccc1Cl. The lowest BCUT2D eigenvalue weighted by molar-refractivity contribution is 0.630. The largest absolute Gasteiger partial charge is 0.323 e. The van der Waals surface area contributed by atoms with Crippen molar-refractivity contribution in [1.82, 2.24) is 0 Å². The Labute approximate surface area is 117 Å². The van der Waals surface area contributed by atoms with Crippen LogP contribution in [-0.2, 0) is 0 Å². The third-order valence-electron chi connectivity index (χ3n) is 3.11. The van der Waals surface area contributed by atoms with Gasteiger partial charge in [0.2, 0.25) is 0 Å². The van der Waals surface area contributed by atoms with Crippen LogP contribution in [0.25, 0.3) is 0 Å². The van der Waals surface area contributed by atoms with Crippen molar-refractivity contribution in [2.75, 3.05) is 11.5 Å². The Morgan fingerprint density at radius 1 is 1.35 bits per heavy atom. The standard InChI is InChI=1S/C13H18ClNS2/c1-2-11-13(17-8-7-16-11)12(15)9-5-3-4-6-10(9)14/h3-6,11-13H,2,7-8,15H2,1H3. The number of hydrogen-bond acceptors (Lipinski definition) is 3. The normalized spacial score (nSPS) is 26.8. The fourth-order valence-corrected chi connectivity index (χ4v) is 5.63. The summed E-state index contributed by atoms with van der Waals surface area (Å²) < 4.78 is 0. The van der Waals surface area contributed by atoms with Gasteiger partial charge >= 0.3 is 0 Å². The predicted octanol–water partition coefficient (Wildman–Crippen LogP) is 3.97. The Balaban J connectivity index is 2.18. The molecule has 1 heterocycles. The molecule has 1 saturated heterocycles. The first-order valence-electron chi connectivity index (χ1n) is 5.97. The first-order chi connectivity index (χ1) is 8.24. The second-order valence-electron chi connectivity index (χ2n) is 4.20. The van der Waals surface area contributed by atoms with Gasteiger partial charge in [-0.3, -0.25) is 0 Å². The second-order valence-corrected chi connectivity index (χ2v) is 7.24. The molecule has 3 unspecified atom stereocenters. The van der Waals surface area contributed by atoms with Crippen LogP contribution in [0.1, 0.15) is 24.9 Å². The first kappa shape index (κ1) is 13.6. The highest BCUT2D eigenvalue weighted by Crippen LogP contribution is 2.40. The van der Waals surface area contributed by atoms with Crippen LogP contribution in [-0.4, -0.2) is 22.0 Å². The fraction of sp³-hybridized carbons (Fsp3) is 0.538. The topological polar surface area (TPSA) is 26.0 Å². The molecular formula is C13H18ClNS2. The molecule has 1 nitrogen and oxygen atoms in total. The van der Waals surface area contributed by atoms with Gasteiger partial charge in [-0.05, 0) is 18.1 Å². The minimum atomic E-state index is 0.0476. The van der Waals surface area contributed by atoms with Gasteiger partial charge in [-0.2, -0.15) is 23.5 Å². The molecule has 1 aliphatic heterocycles. The zero-order valence-electron chi connectivity index (χ0n) is 9.93. The summed E-state index contributed by atoms with van der Waals surface area (Å²) in [4.78, 5) is 0. The Bertz CT molecular complexity index is 372. The van der Waals surface area contributed by atoms with E-state index in [9.17, 15) is 0 Å². The van der Waals surface area contributed by atoms with E-state index in [2.05, 4.69) is 24.8 Å². The molecule has 1 aliphatic rings. The molecule has 1 aromatic rings. The summed E-state index contributed by atoms with van der Waals surface area (Å²) in [5, 5.41) is 1.93. The van der Waals surface area contributed by atoms with Crippen LogP contribution in [0.3, 0.4) is 0 Å². The number of hydrogen-bond donors (Lipinski definition) is 1. The van der Waals surface area contributed by atoms with Crippen molar-refractivity contribution in [3.05, 3.63) is 34.9 Å². The van der Waals surface area contributed by atoms with Gasteiger partial charge in [0.1, 0.15) is 0 Å². The van der Waals surface area contributed by atoms with Crippen LogP contribution < -0.4 is 5.73 Å². The fourth-order valence-electron chi connectivity index (χ4n) is 2.19. The van der Waals surface area contributed by atoms with Gasteiger partial charge in [0.05, 0.1) is 0 Å². The van der Waals surface area contributed by atoms with E-state index < -0.39 is 0 Å². The predicted molar refractivity (Wildman–Crippen MR) is 81.2 cm³/mol. The van der Waals surface area contributed by atoms with E-state index in [1.54, 1.807) is 0 Å². The summed E-state index contributed by atoms with van der Waals surface area (Å²) in [5.41, 5.74) is 7.51. The minimum Gasteiger partial charge on any atom is -0.323 e. The number of benzene rings is 1. The Hall–Kier alpha value is 0.170. The molecule has 2 rings (SSSR count). The van der Waals surface area contributed by atoms with Crippen molar-refractivity contribution in [3.8, 4) is 0 Å². The van der Waals surface area contributed by atoms with Crippen molar-refractivity contribution in [2.45, 2.75) is 29.9 Å². The molecule has 0 aromatic heterocycles. The number of nitrogens with two attached hydrogens (primary N) is 1. The highest BCUT2D eigenvalue weighted by Gasteiger charge is 2.31. The first-order valence-corrected chi connectivity index (χ1v) is 8.44. The van der Waals surface area contributed by atoms with E-state index >= 15 is 0 Å². The van der Waals surface area contributed by atoms with Crippen molar-refractivity contribution in [1.29, 1.82) is 0 Å². The summed E-state index contributed by atoms with van der Waals surface area (Å²) in [6, 6.07) is 8.01. The van der Waals surface area contributed by atoms with E-state index in [4.69, 9.17) is 17.3 Å². The second kappa shape index (κ2) is 6.37. The number of thioether (sulfide) groups is 2. The zero-order valence-corrected chi connectivity index (χ0v) is 12.3. The van der Waals surface area contributed by atoms with Crippen LogP contribution in [0.15, 0.2) is 24.3 Å². The molecule has 17 heavy (non-hydrogen) atoms.